The van der Waals surface area contributed by atoms with Gasteiger partial charge in [0.15, 0.2) is 0 Å². The second kappa shape index (κ2) is 29.8. The second-order valence-electron chi connectivity index (χ2n) is 11.8. The minimum Gasteiger partial charge on any atom is -0.460 e. The summed E-state index contributed by atoms with van der Waals surface area (Å²) in [5.74, 6) is 5.42. The molecule has 0 aliphatic carbocycles. The Morgan fingerprint density at radius 1 is 0.667 bits per heavy atom. The van der Waals surface area contributed by atoms with Gasteiger partial charge in [-0.05, 0) is 27.2 Å². The lowest BCUT2D eigenvalue weighted by atomic mass is 10.2. The molecule has 0 fully saturated rings. The molecule has 0 bridgehead atoms. The number of amides is 1. The molecule has 1 amide bonds. The van der Waals surface area contributed by atoms with Gasteiger partial charge < -0.3 is 47.9 Å². The van der Waals surface area contributed by atoms with Crippen LogP contribution in [0.15, 0.2) is 17.6 Å². The highest BCUT2D eigenvalue weighted by Crippen LogP contribution is 2.08. The van der Waals surface area contributed by atoms with Crippen molar-refractivity contribution in [1.29, 1.82) is 0 Å². The van der Waals surface area contributed by atoms with E-state index in [-0.39, 0.29) is 23.5 Å². The summed E-state index contributed by atoms with van der Waals surface area (Å²) in [5.41, 5.74) is 0.0278. The minimum atomic E-state index is -3.44. The molecule has 0 saturated carbocycles. The van der Waals surface area contributed by atoms with Crippen LogP contribution in [-0.2, 0) is 62.1 Å². The van der Waals surface area contributed by atoms with Crippen LogP contribution in [0.4, 0.5) is 0 Å². The number of carbonyl (C=O) groups excluding carboxylic acids is 2. The number of nitrogens with one attached hydrogen (secondary N) is 1. The third-order valence-corrected chi connectivity index (χ3v) is 6.82. The average molecular weight is 748 g/mol. The van der Waals surface area contributed by atoms with Crippen LogP contribution in [0, 0.1) is 11.8 Å². The van der Waals surface area contributed by atoms with Crippen molar-refractivity contribution in [3.63, 3.8) is 0 Å². The van der Waals surface area contributed by atoms with E-state index in [0.29, 0.717) is 137 Å². The van der Waals surface area contributed by atoms with E-state index >= 15 is 0 Å². The maximum Gasteiger partial charge on any atom is 0.308 e. The highest BCUT2D eigenvalue weighted by molar-refractivity contribution is 7.90. The molecule has 0 saturated heterocycles. The third kappa shape index (κ3) is 30.5. The molecule has 0 aromatic carbocycles. The van der Waals surface area contributed by atoms with E-state index in [9.17, 15) is 18.0 Å². The van der Waals surface area contributed by atoms with Gasteiger partial charge in [0.25, 0.3) is 0 Å². The summed E-state index contributed by atoms with van der Waals surface area (Å²) < 4.78 is 71.5. The predicted octanol–water partition coefficient (Wildman–Crippen LogP) is 1.38. The van der Waals surface area contributed by atoms with Crippen molar-refractivity contribution in [2.45, 2.75) is 57.2 Å². The lowest BCUT2D eigenvalue weighted by Crippen LogP contribution is -2.27. The van der Waals surface area contributed by atoms with E-state index in [1.54, 1.807) is 0 Å². The minimum absolute atomic E-state index is 0.0796. The number of esters is 1. The first-order chi connectivity index (χ1) is 24.5. The van der Waals surface area contributed by atoms with Crippen molar-refractivity contribution in [2.24, 2.45) is 0 Å². The monoisotopic (exact) mass is 747 g/mol. The van der Waals surface area contributed by atoms with E-state index in [0.717, 1.165) is 6.26 Å². The first-order valence-corrected chi connectivity index (χ1v) is 19.0. The standard InChI is InChI=1S/C34H57N3O13S/c1-34(2,3)50-32(39)10-12-42-14-16-44-18-20-46-22-24-48-26-27-49-25-23-47-21-19-45-17-15-43-13-11-35-31(38)9-7-5-6-8-30-28-36-33(37-29-30)51(4,40)41/h28-29H,5,7,9-27H2,1-4H3,(H,35,38). The molecule has 0 atom stereocenters. The maximum absolute atomic E-state index is 11.9. The summed E-state index contributed by atoms with van der Waals surface area (Å²) in [6.45, 7) is 12.9. The summed E-state index contributed by atoms with van der Waals surface area (Å²) in [6.07, 6.45) is 5.43. The van der Waals surface area contributed by atoms with Crippen LogP contribution >= 0.6 is 0 Å². The Kier molecular flexibility index (Phi) is 27.0. The molecule has 292 valence electrons. The fraction of sp³-hybridized carbons (Fsp3) is 0.765. The molecule has 1 N–H and O–H groups in total. The van der Waals surface area contributed by atoms with Crippen molar-refractivity contribution in [3.8, 4) is 11.8 Å². The summed E-state index contributed by atoms with van der Waals surface area (Å²) >= 11 is 0. The number of rotatable bonds is 31. The number of hydrogen-bond acceptors (Lipinski definition) is 15. The Balaban J connectivity index is 1.75. The van der Waals surface area contributed by atoms with Gasteiger partial charge in [0.05, 0.1) is 118 Å². The molecule has 0 aliphatic heterocycles. The molecule has 0 unspecified atom stereocenters. The lowest BCUT2D eigenvalue weighted by molar-refractivity contribution is -0.156. The molecular weight excluding hydrogens is 690 g/mol. The zero-order chi connectivity index (χ0) is 37.5. The van der Waals surface area contributed by atoms with Crippen molar-refractivity contribution in [3.05, 3.63) is 18.0 Å². The number of unbranched alkanes of at least 4 members (excludes halogenated alkanes) is 1. The quantitative estimate of drug-likeness (QED) is 0.0496. The first kappa shape index (κ1) is 46.2. The Bertz CT molecular complexity index is 1220. The summed E-state index contributed by atoms with van der Waals surface area (Å²) in [5, 5.41) is 2.55. The topological polar surface area (TPSA) is 189 Å². The van der Waals surface area contributed by atoms with Gasteiger partial charge in [0.2, 0.25) is 20.9 Å². The van der Waals surface area contributed by atoms with Gasteiger partial charge in [-0.3, -0.25) is 9.59 Å². The molecule has 1 aromatic heterocycles. The van der Waals surface area contributed by atoms with Crippen molar-refractivity contribution < 1.29 is 60.6 Å². The molecule has 51 heavy (non-hydrogen) atoms. The lowest BCUT2D eigenvalue weighted by Gasteiger charge is -2.19. The SMILES string of the molecule is CC(C)(C)OC(=O)CCOCCOCCOCCOCCOCCOCCOCCOCCNC(=O)CCCC#Cc1cnc(S(C)(=O)=O)nc1. The zero-order valence-corrected chi connectivity index (χ0v) is 31.4. The molecule has 0 spiro atoms. The summed E-state index contributed by atoms with van der Waals surface area (Å²) in [6, 6.07) is 0. The van der Waals surface area contributed by atoms with Gasteiger partial charge in [-0.15, -0.1) is 0 Å². The van der Waals surface area contributed by atoms with Gasteiger partial charge in [-0.25, -0.2) is 18.4 Å². The van der Waals surface area contributed by atoms with Gasteiger partial charge in [0, 0.05) is 38.0 Å². The smallest absolute Gasteiger partial charge is 0.308 e. The van der Waals surface area contributed by atoms with E-state index in [1.807, 2.05) is 20.8 Å². The number of aromatic nitrogens is 2. The van der Waals surface area contributed by atoms with Gasteiger partial charge in [-0.1, -0.05) is 11.8 Å². The van der Waals surface area contributed by atoms with E-state index in [1.165, 1.54) is 12.4 Å². The van der Waals surface area contributed by atoms with Crippen molar-refractivity contribution >= 4 is 21.7 Å². The summed E-state index contributed by atoms with van der Waals surface area (Å²) in [7, 11) is -3.44. The van der Waals surface area contributed by atoms with Crippen LogP contribution in [0.1, 0.15) is 52.0 Å². The van der Waals surface area contributed by atoms with E-state index in [2.05, 4.69) is 27.1 Å². The maximum atomic E-state index is 11.9. The van der Waals surface area contributed by atoms with Crippen LogP contribution in [0.3, 0.4) is 0 Å². The molecule has 1 aromatic rings. The van der Waals surface area contributed by atoms with Gasteiger partial charge in [-0.2, -0.15) is 0 Å². The molecule has 17 heteroatoms. The molecule has 16 nitrogen and oxygen atoms in total. The first-order valence-electron chi connectivity index (χ1n) is 17.1. The van der Waals surface area contributed by atoms with Gasteiger partial charge >= 0.3 is 5.97 Å². The van der Waals surface area contributed by atoms with Crippen LogP contribution in [-0.4, -0.2) is 154 Å². The van der Waals surface area contributed by atoms with Crippen LogP contribution in [0.25, 0.3) is 0 Å². The molecular formula is C34H57N3O13S. The van der Waals surface area contributed by atoms with Gasteiger partial charge in [0.1, 0.15) is 5.60 Å². The van der Waals surface area contributed by atoms with Crippen molar-refractivity contribution in [2.75, 3.05) is 119 Å². The zero-order valence-electron chi connectivity index (χ0n) is 30.6. The largest absolute Gasteiger partial charge is 0.460 e. The predicted molar refractivity (Wildman–Crippen MR) is 186 cm³/mol. The Labute approximate surface area is 302 Å². The Morgan fingerprint density at radius 2 is 1.08 bits per heavy atom. The molecule has 0 aliphatic rings. The third-order valence-electron chi connectivity index (χ3n) is 5.94. The van der Waals surface area contributed by atoms with Crippen LogP contribution in [0.2, 0.25) is 0 Å². The number of nitrogens with zero attached hydrogens (tertiary/aromatic N) is 2. The highest BCUT2D eigenvalue weighted by Gasteiger charge is 2.15. The Hall–Kier alpha value is -2.79. The van der Waals surface area contributed by atoms with Crippen LogP contribution < -0.4 is 5.32 Å². The number of hydrogen-bond donors (Lipinski definition) is 1. The number of carbonyl (C=O) groups is 2. The molecule has 1 rings (SSSR count). The number of sulfone groups is 1. The average Bonchev–Trinajstić information content (AvgIpc) is 3.06. The summed E-state index contributed by atoms with van der Waals surface area (Å²) in [4.78, 5) is 31.0. The van der Waals surface area contributed by atoms with Crippen LogP contribution in [0.5, 0.6) is 0 Å². The fourth-order valence-corrected chi connectivity index (χ4v) is 4.10. The second-order valence-corrected chi connectivity index (χ2v) is 13.7. The number of ether oxygens (including phenoxy) is 9. The fourth-order valence-electron chi connectivity index (χ4n) is 3.61. The van der Waals surface area contributed by atoms with E-state index < -0.39 is 15.4 Å². The molecule has 0 radical (unpaired) electrons. The highest BCUT2D eigenvalue weighted by atomic mass is 32.2. The van der Waals surface area contributed by atoms with E-state index in [4.69, 9.17) is 42.6 Å². The normalized spacial score (nSPS) is 11.6. The molecule has 1 heterocycles. The Morgan fingerprint density at radius 3 is 1.49 bits per heavy atom. The van der Waals surface area contributed by atoms with Crippen molar-refractivity contribution in [1.82, 2.24) is 15.3 Å².